The second kappa shape index (κ2) is 5.19. The summed E-state index contributed by atoms with van der Waals surface area (Å²) < 4.78 is 5.03. The van der Waals surface area contributed by atoms with Crippen LogP contribution >= 0.6 is 0 Å². The zero-order valence-corrected chi connectivity index (χ0v) is 11.0. The first-order valence-electron chi connectivity index (χ1n) is 5.95. The molecule has 1 aromatic heterocycles. The molecule has 1 atom stereocenters. The van der Waals surface area contributed by atoms with Gasteiger partial charge in [-0.25, -0.2) is 4.79 Å². The first kappa shape index (κ1) is 13.2. The fraction of sp³-hybridized carbons (Fsp3) is 0.308. The largest absolute Gasteiger partial charge is 0.462 e. The molecular weight excluding hydrogens is 244 g/mol. The fourth-order valence-electron chi connectivity index (χ4n) is 1.80. The van der Waals surface area contributed by atoms with Crippen LogP contribution in [-0.2, 0) is 9.53 Å². The summed E-state index contributed by atoms with van der Waals surface area (Å²) in [6.45, 7) is 7.37. The van der Waals surface area contributed by atoms with Crippen molar-refractivity contribution in [2.45, 2.75) is 19.5 Å². The molecule has 2 rings (SSSR count). The van der Waals surface area contributed by atoms with E-state index in [9.17, 15) is 4.79 Å². The third-order valence-corrected chi connectivity index (χ3v) is 2.86. The van der Waals surface area contributed by atoms with E-state index in [0.717, 1.165) is 5.69 Å². The van der Waals surface area contributed by atoms with Crippen molar-refractivity contribution in [1.82, 2.24) is 10.4 Å². The number of pyridine rings is 1. The minimum Gasteiger partial charge on any atom is -0.462 e. The number of carbonyl (C=O) groups is 1. The Hall–Kier alpha value is -2.21. The molecular formula is C13H16N4O2. The molecule has 0 bridgehead atoms. The molecule has 1 aromatic rings. The van der Waals surface area contributed by atoms with Gasteiger partial charge >= 0.3 is 5.97 Å². The average Bonchev–Trinajstić information content (AvgIpc) is 2.79. The molecule has 0 amide bonds. The minimum atomic E-state index is -0.901. The number of esters is 1. The molecule has 6 heteroatoms. The van der Waals surface area contributed by atoms with E-state index in [-0.39, 0.29) is 0 Å². The summed E-state index contributed by atoms with van der Waals surface area (Å²) in [6.07, 6.45) is 5.02. The normalized spacial score (nSPS) is 22.0. The van der Waals surface area contributed by atoms with E-state index < -0.39 is 11.6 Å². The van der Waals surface area contributed by atoms with Crippen molar-refractivity contribution < 1.29 is 9.53 Å². The van der Waals surface area contributed by atoms with Crippen molar-refractivity contribution in [1.29, 1.82) is 0 Å². The Morgan fingerprint density at radius 1 is 1.68 bits per heavy atom. The average molecular weight is 260 g/mol. The lowest BCUT2D eigenvalue weighted by atomic mass is 10.1. The highest BCUT2D eigenvalue weighted by atomic mass is 16.5. The maximum absolute atomic E-state index is 11.9. The lowest BCUT2D eigenvalue weighted by Crippen LogP contribution is -2.45. The van der Waals surface area contributed by atoms with Crippen LogP contribution in [0.15, 0.2) is 41.3 Å². The third-order valence-electron chi connectivity index (χ3n) is 2.86. The molecule has 0 saturated heterocycles. The van der Waals surface area contributed by atoms with Crippen LogP contribution in [0.25, 0.3) is 0 Å². The van der Waals surface area contributed by atoms with Gasteiger partial charge in [-0.1, -0.05) is 0 Å². The highest BCUT2D eigenvalue weighted by Crippen LogP contribution is 2.28. The number of hydrazine groups is 1. The molecule has 19 heavy (non-hydrogen) atoms. The minimum absolute atomic E-state index is 0.316. The Labute approximate surface area is 111 Å². The summed E-state index contributed by atoms with van der Waals surface area (Å²) in [5.41, 5.74) is 3.41. The monoisotopic (exact) mass is 260 g/mol. The first-order valence-corrected chi connectivity index (χ1v) is 5.95. The van der Waals surface area contributed by atoms with Crippen molar-refractivity contribution in [3.05, 3.63) is 36.3 Å². The van der Waals surface area contributed by atoms with Crippen molar-refractivity contribution >= 4 is 18.4 Å². The second-order valence-corrected chi connectivity index (χ2v) is 4.19. The van der Waals surface area contributed by atoms with E-state index in [4.69, 9.17) is 4.74 Å². The zero-order chi connectivity index (χ0) is 13.9. The molecule has 2 heterocycles. The quantitative estimate of drug-likeness (QED) is 0.652. The van der Waals surface area contributed by atoms with Crippen LogP contribution in [0, 0.1) is 0 Å². The molecule has 0 saturated carbocycles. The van der Waals surface area contributed by atoms with Crippen molar-refractivity contribution in [3.8, 4) is 0 Å². The summed E-state index contributed by atoms with van der Waals surface area (Å²) in [5, 5.41) is 1.69. The van der Waals surface area contributed by atoms with Crippen LogP contribution < -0.4 is 10.4 Å². The zero-order valence-electron chi connectivity index (χ0n) is 11.0. The van der Waals surface area contributed by atoms with Crippen LogP contribution in [0.4, 0.5) is 5.69 Å². The third kappa shape index (κ3) is 2.48. The number of nitrogens with one attached hydrogen (secondary N) is 1. The lowest BCUT2D eigenvalue weighted by Gasteiger charge is -2.25. The Balaban J connectivity index is 2.32. The van der Waals surface area contributed by atoms with Crippen LogP contribution in [0.1, 0.15) is 13.8 Å². The van der Waals surface area contributed by atoms with E-state index in [1.54, 1.807) is 37.5 Å². The van der Waals surface area contributed by atoms with Gasteiger partial charge in [0.1, 0.15) is 0 Å². The predicted molar refractivity (Wildman–Crippen MR) is 72.5 cm³/mol. The maximum Gasteiger partial charge on any atom is 0.339 e. The molecule has 1 aliphatic heterocycles. The molecule has 0 spiro atoms. The van der Waals surface area contributed by atoms with Crippen LogP contribution in [0.5, 0.6) is 0 Å². The number of hydrogen-bond acceptors (Lipinski definition) is 6. The highest BCUT2D eigenvalue weighted by Gasteiger charge is 2.40. The first-order chi connectivity index (χ1) is 9.10. The summed E-state index contributed by atoms with van der Waals surface area (Å²) >= 11 is 0. The summed E-state index contributed by atoms with van der Waals surface area (Å²) in [5.74, 6) is -0.406. The van der Waals surface area contributed by atoms with Gasteiger partial charge < -0.3 is 4.74 Å². The molecule has 100 valence electrons. The van der Waals surface area contributed by atoms with Gasteiger partial charge in [-0.15, -0.1) is 0 Å². The number of anilines is 1. The van der Waals surface area contributed by atoms with Gasteiger partial charge in [-0.05, 0) is 32.7 Å². The number of aromatic nitrogens is 1. The number of hydrogen-bond donors (Lipinski definition) is 1. The molecule has 1 aliphatic rings. The van der Waals surface area contributed by atoms with Gasteiger partial charge in [0.25, 0.3) is 0 Å². The number of aliphatic imine (C=N–C) groups is 1. The van der Waals surface area contributed by atoms with Gasteiger partial charge in [0.05, 0.1) is 24.1 Å². The SMILES string of the molecule is C=NC1(C)NN(c2cccnc2)C=C1C(=O)OCC. The van der Waals surface area contributed by atoms with Crippen LogP contribution in [0.2, 0.25) is 0 Å². The molecule has 1 N–H and O–H groups in total. The topological polar surface area (TPSA) is 66.8 Å². The Morgan fingerprint density at radius 3 is 3.05 bits per heavy atom. The number of nitrogens with zero attached hydrogens (tertiary/aromatic N) is 3. The van der Waals surface area contributed by atoms with Gasteiger partial charge in [0, 0.05) is 12.4 Å². The van der Waals surface area contributed by atoms with Gasteiger partial charge in [0.15, 0.2) is 5.66 Å². The van der Waals surface area contributed by atoms with Crippen LogP contribution in [-0.4, -0.2) is 29.9 Å². The Kier molecular flexibility index (Phi) is 3.62. The molecule has 1 unspecified atom stereocenters. The molecule has 0 fully saturated rings. The summed E-state index contributed by atoms with van der Waals surface area (Å²) in [7, 11) is 0. The van der Waals surface area contributed by atoms with E-state index in [0.29, 0.717) is 12.2 Å². The number of carbonyl (C=O) groups excluding carboxylic acids is 1. The van der Waals surface area contributed by atoms with E-state index >= 15 is 0 Å². The number of rotatable bonds is 4. The van der Waals surface area contributed by atoms with E-state index in [1.165, 1.54) is 0 Å². The van der Waals surface area contributed by atoms with E-state index in [2.05, 4.69) is 22.1 Å². The number of ether oxygens (including phenoxy) is 1. The van der Waals surface area contributed by atoms with Crippen molar-refractivity contribution in [2.24, 2.45) is 4.99 Å². The molecule has 0 radical (unpaired) electrons. The second-order valence-electron chi connectivity index (χ2n) is 4.19. The van der Waals surface area contributed by atoms with Gasteiger partial charge in [0.2, 0.25) is 0 Å². The predicted octanol–water partition coefficient (Wildman–Crippen LogP) is 1.27. The molecule has 0 aromatic carbocycles. The Bertz CT molecular complexity index is 515. The maximum atomic E-state index is 11.9. The van der Waals surface area contributed by atoms with Gasteiger partial charge in [-0.2, -0.15) is 5.43 Å². The molecule has 0 aliphatic carbocycles. The van der Waals surface area contributed by atoms with Crippen molar-refractivity contribution in [3.63, 3.8) is 0 Å². The lowest BCUT2D eigenvalue weighted by molar-refractivity contribution is -0.139. The van der Waals surface area contributed by atoms with Gasteiger partial charge in [-0.3, -0.25) is 15.0 Å². The van der Waals surface area contributed by atoms with E-state index in [1.807, 2.05) is 12.1 Å². The molecule has 6 nitrogen and oxygen atoms in total. The summed E-state index contributed by atoms with van der Waals surface area (Å²) in [6, 6.07) is 3.68. The highest BCUT2D eigenvalue weighted by molar-refractivity contribution is 5.92. The van der Waals surface area contributed by atoms with Crippen molar-refractivity contribution in [2.75, 3.05) is 11.6 Å². The van der Waals surface area contributed by atoms with Crippen LogP contribution in [0.3, 0.4) is 0 Å². The standard InChI is InChI=1S/C13H16N4O2/c1-4-19-12(18)11-9-17(16-13(11,2)14-3)10-6-5-7-15-8-10/h5-9,16H,3-4H2,1-2H3. The Morgan fingerprint density at radius 2 is 2.47 bits per heavy atom. The fourth-order valence-corrected chi connectivity index (χ4v) is 1.80. The summed E-state index contributed by atoms with van der Waals surface area (Å²) in [4.78, 5) is 20.0. The smallest absolute Gasteiger partial charge is 0.339 e.